The van der Waals surface area contributed by atoms with Crippen molar-refractivity contribution in [1.29, 1.82) is 0 Å². The van der Waals surface area contributed by atoms with Gasteiger partial charge in [-0.05, 0) is 32.9 Å². The fourth-order valence-corrected chi connectivity index (χ4v) is 3.92. The summed E-state index contributed by atoms with van der Waals surface area (Å²) in [6, 6.07) is 0.558. The first kappa shape index (κ1) is 16.5. The van der Waals surface area contributed by atoms with Crippen LogP contribution in [0.5, 0.6) is 0 Å². The Labute approximate surface area is 105 Å². The van der Waals surface area contributed by atoms with Gasteiger partial charge in [0, 0.05) is 26.1 Å². The van der Waals surface area contributed by atoms with Gasteiger partial charge in [0.05, 0.1) is 0 Å². The highest BCUT2D eigenvalue weighted by Gasteiger charge is 2.32. The molecule has 100 valence electrons. The van der Waals surface area contributed by atoms with Gasteiger partial charge in [0.25, 0.3) is 0 Å². The van der Waals surface area contributed by atoms with E-state index in [1.165, 1.54) is 0 Å². The van der Waals surface area contributed by atoms with Gasteiger partial charge < -0.3 is 8.85 Å². The summed E-state index contributed by atoms with van der Waals surface area (Å²) in [7, 11) is -2.25. The summed E-state index contributed by atoms with van der Waals surface area (Å²) in [6.07, 6.45) is 1.32. The molecule has 0 atom stereocenters. The number of hydrogen-bond donors (Lipinski definition) is 0. The maximum absolute atomic E-state index is 11.5. The third-order valence-corrected chi connectivity index (χ3v) is 5.45. The quantitative estimate of drug-likeness (QED) is 0.447. The third-order valence-electron chi connectivity index (χ3n) is 2.49. The predicted molar refractivity (Wildman–Crippen MR) is 69.2 cm³/mol. The van der Waals surface area contributed by atoms with Gasteiger partial charge >= 0.3 is 8.56 Å². The molecule has 0 saturated carbocycles. The van der Waals surface area contributed by atoms with E-state index >= 15 is 0 Å². The molecule has 0 radical (unpaired) electrons. The van der Waals surface area contributed by atoms with E-state index < -0.39 is 8.56 Å². The van der Waals surface area contributed by atoms with E-state index in [1.807, 2.05) is 27.3 Å². The molecule has 17 heavy (non-hydrogen) atoms. The van der Waals surface area contributed by atoms with Gasteiger partial charge in [-0.2, -0.15) is 0 Å². The van der Waals surface area contributed by atoms with Gasteiger partial charge in [-0.15, -0.1) is 0 Å². The number of hydrogen-bond acceptors (Lipinski definition) is 4. The highest BCUT2D eigenvalue weighted by Crippen LogP contribution is 2.16. The number of carbonyl (C=O) groups excluding carboxylic acids is 2. The van der Waals surface area contributed by atoms with Crippen LogP contribution in [-0.2, 0) is 18.4 Å². The first-order valence-electron chi connectivity index (χ1n) is 6.33. The van der Waals surface area contributed by atoms with Crippen LogP contribution >= 0.6 is 0 Å². The molecule has 0 spiro atoms. The van der Waals surface area contributed by atoms with Crippen LogP contribution in [0, 0.1) is 0 Å². The Bertz CT molecular complexity index is 247. The SMILES string of the molecule is CCCC(=O)C(=O)CC[Si](C)(OCC)OCC. The molecule has 0 amide bonds. The van der Waals surface area contributed by atoms with E-state index in [0.717, 1.165) is 6.42 Å². The molecule has 0 fully saturated rings. The summed E-state index contributed by atoms with van der Waals surface area (Å²) in [4.78, 5) is 22.9. The minimum absolute atomic E-state index is 0.252. The van der Waals surface area contributed by atoms with Crippen LogP contribution in [0.3, 0.4) is 0 Å². The van der Waals surface area contributed by atoms with Crippen LogP contribution in [0.15, 0.2) is 0 Å². The lowest BCUT2D eigenvalue weighted by Crippen LogP contribution is -2.39. The summed E-state index contributed by atoms with van der Waals surface area (Å²) < 4.78 is 11.2. The molecule has 4 nitrogen and oxygen atoms in total. The first-order chi connectivity index (χ1) is 7.99. The second-order valence-corrected chi connectivity index (χ2v) is 7.44. The molecule has 0 aliphatic carbocycles. The maximum atomic E-state index is 11.5. The molecule has 0 bridgehead atoms. The number of carbonyl (C=O) groups is 2. The molecular weight excluding hydrogens is 236 g/mol. The van der Waals surface area contributed by atoms with Crippen LogP contribution in [0.1, 0.15) is 40.0 Å². The van der Waals surface area contributed by atoms with E-state index in [0.29, 0.717) is 25.7 Å². The average Bonchev–Trinajstić information content (AvgIpc) is 2.27. The molecular formula is C12H24O4Si. The summed E-state index contributed by atoms with van der Waals surface area (Å²) in [5, 5.41) is 0. The van der Waals surface area contributed by atoms with Crippen LogP contribution in [0.4, 0.5) is 0 Å². The van der Waals surface area contributed by atoms with Crippen molar-refractivity contribution < 1.29 is 18.4 Å². The minimum Gasteiger partial charge on any atom is -0.395 e. The fraction of sp³-hybridized carbons (Fsp3) is 0.833. The molecule has 0 aliphatic rings. The van der Waals surface area contributed by atoms with Gasteiger partial charge in [0.1, 0.15) is 0 Å². The van der Waals surface area contributed by atoms with Crippen molar-refractivity contribution in [2.24, 2.45) is 0 Å². The van der Waals surface area contributed by atoms with E-state index in [1.54, 1.807) is 0 Å². The second-order valence-electron chi connectivity index (χ2n) is 4.10. The maximum Gasteiger partial charge on any atom is 0.335 e. The van der Waals surface area contributed by atoms with Gasteiger partial charge in [-0.3, -0.25) is 9.59 Å². The highest BCUT2D eigenvalue weighted by molar-refractivity contribution is 6.66. The smallest absolute Gasteiger partial charge is 0.335 e. The Morgan fingerprint density at radius 3 is 1.82 bits per heavy atom. The lowest BCUT2D eigenvalue weighted by atomic mass is 10.1. The highest BCUT2D eigenvalue weighted by atomic mass is 28.4. The second kappa shape index (κ2) is 8.55. The minimum atomic E-state index is -2.25. The van der Waals surface area contributed by atoms with Crippen molar-refractivity contribution in [3.05, 3.63) is 0 Å². The Morgan fingerprint density at radius 1 is 0.941 bits per heavy atom. The molecule has 5 heteroatoms. The molecule has 0 aromatic rings. The van der Waals surface area contributed by atoms with E-state index in [-0.39, 0.29) is 18.0 Å². The molecule has 0 heterocycles. The summed E-state index contributed by atoms with van der Waals surface area (Å²) >= 11 is 0. The van der Waals surface area contributed by atoms with Crippen LogP contribution < -0.4 is 0 Å². The Kier molecular flexibility index (Phi) is 8.29. The van der Waals surface area contributed by atoms with Crippen molar-refractivity contribution in [3.63, 3.8) is 0 Å². The summed E-state index contributed by atoms with van der Waals surface area (Å²) in [5.41, 5.74) is 0. The zero-order valence-electron chi connectivity index (χ0n) is 11.4. The lowest BCUT2D eigenvalue weighted by molar-refractivity contribution is -0.136. The lowest BCUT2D eigenvalue weighted by Gasteiger charge is -2.25. The molecule has 0 aromatic heterocycles. The van der Waals surface area contributed by atoms with Gasteiger partial charge in [-0.25, -0.2) is 0 Å². The summed E-state index contributed by atoms with van der Waals surface area (Å²) in [6.45, 7) is 8.82. The Morgan fingerprint density at radius 2 is 1.41 bits per heavy atom. The van der Waals surface area contributed by atoms with Crippen molar-refractivity contribution >= 4 is 20.1 Å². The van der Waals surface area contributed by atoms with Gasteiger partial charge in [-0.1, -0.05) is 6.92 Å². The predicted octanol–water partition coefficient (Wildman–Crippen LogP) is 2.46. The van der Waals surface area contributed by atoms with Gasteiger partial charge in [0.2, 0.25) is 0 Å². The van der Waals surface area contributed by atoms with Crippen molar-refractivity contribution in [3.8, 4) is 0 Å². The summed E-state index contributed by atoms with van der Waals surface area (Å²) in [5.74, 6) is -0.554. The molecule has 0 aliphatic heterocycles. The zero-order valence-corrected chi connectivity index (χ0v) is 12.4. The normalized spacial score (nSPS) is 11.5. The molecule has 0 rings (SSSR count). The standard InChI is InChI=1S/C12H24O4Si/c1-5-8-11(13)12(14)9-10-17(4,15-6-2)16-7-3/h5-10H2,1-4H3. The molecule has 0 unspecified atom stereocenters. The number of ketones is 2. The van der Waals surface area contributed by atoms with Crippen LogP contribution in [0.25, 0.3) is 0 Å². The van der Waals surface area contributed by atoms with Gasteiger partial charge in [0.15, 0.2) is 11.6 Å². The van der Waals surface area contributed by atoms with Crippen LogP contribution in [0.2, 0.25) is 12.6 Å². The monoisotopic (exact) mass is 260 g/mol. The fourth-order valence-electron chi connectivity index (χ4n) is 1.64. The largest absolute Gasteiger partial charge is 0.395 e. The Hall–Kier alpha value is -0.523. The third kappa shape index (κ3) is 6.70. The van der Waals surface area contributed by atoms with E-state index in [9.17, 15) is 9.59 Å². The first-order valence-corrected chi connectivity index (χ1v) is 8.85. The van der Waals surface area contributed by atoms with Crippen molar-refractivity contribution in [2.75, 3.05) is 13.2 Å². The average molecular weight is 260 g/mol. The van der Waals surface area contributed by atoms with Crippen molar-refractivity contribution in [2.45, 2.75) is 52.6 Å². The topological polar surface area (TPSA) is 52.6 Å². The number of rotatable bonds is 10. The van der Waals surface area contributed by atoms with E-state index in [2.05, 4.69) is 0 Å². The molecule has 0 aromatic carbocycles. The Balaban J connectivity index is 4.20. The zero-order chi connectivity index (χ0) is 13.3. The molecule has 0 saturated heterocycles. The number of Topliss-reactive ketones (excluding diaryl/α,β-unsaturated/α-hetero) is 2. The van der Waals surface area contributed by atoms with E-state index in [4.69, 9.17) is 8.85 Å². The molecule has 0 N–H and O–H groups in total. The van der Waals surface area contributed by atoms with Crippen LogP contribution in [-0.4, -0.2) is 33.3 Å². The van der Waals surface area contributed by atoms with Crippen molar-refractivity contribution in [1.82, 2.24) is 0 Å².